The van der Waals surface area contributed by atoms with Crippen molar-refractivity contribution in [3.63, 3.8) is 0 Å². The fourth-order valence-electron chi connectivity index (χ4n) is 4.20. The van der Waals surface area contributed by atoms with Gasteiger partial charge < -0.3 is 26.0 Å². The number of carbonyl (C=O) groups is 5. The lowest BCUT2D eigenvalue weighted by Gasteiger charge is -2.25. The first-order valence-electron chi connectivity index (χ1n) is 14.3. The first kappa shape index (κ1) is 34.8. The molecule has 1 rings (SSSR count). The molecule has 40 heavy (non-hydrogen) atoms. The molecule has 0 saturated carbocycles. The summed E-state index contributed by atoms with van der Waals surface area (Å²) >= 11 is 0. The lowest BCUT2D eigenvalue weighted by molar-refractivity contribution is -0.134. The summed E-state index contributed by atoms with van der Waals surface area (Å²) in [6.45, 7) is 6.34. The van der Waals surface area contributed by atoms with E-state index in [2.05, 4.69) is 10.6 Å². The number of nitrogens with zero attached hydrogens (tertiary/aromatic N) is 1. The molecule has 0 aliphatic heterocycles. The van der Waals surface area contributed by atoms with Crippen LogP contribution in [0.3, 0.4) is 0 Å². The maximum Gasteiger partial charge on any atom is 0.311 e. The van der Waals surface area contributed by atoms with Crippen LogP contribution in [0.5, 0.6) is 5.75 Å². The summed E-state index contributed by atoms with van der Waals surface area (Å²) in [5, 5.41) is 5.38. The van der Waals surface area contributed by atoms with Gasteiger partial charge in [-0.2, -0.15) is 0 Å². The molecule has 3 amide bonds. The molecule has 10 nitrogen and oxygen atoms in total. The Hall–Kier alpha value is -3.27. The van der Waals surface area contributed by atoms with E-state index in [-0.39, 0.29) is 43.0 Å². The van der Waals surface area contributed by atoms with Crippen molar-refractivity contribution in [1.82, 2.24) is 15.5 Å². The van der Waals surface area contributed by atoms with Crippen molar-refractivity contribution in [2.24, 2.45) is 17.6 Å². The number of hydrogen-bond donors (Lipinski definition) is 3. The van der Waals surface area contributed by atoms with Crippen LogP contribution in [0, 0.1) is 11.8 Å². The number of ketones is 1. The fraction of sp³-hybridized carbons (Fsp3) is 0.633. The Morgan fingerprint density at radius 3 is 2.23 bits per heavy atom. The van der Waals surface area contributed by atoms with Crippen molar-refractivity contribution in [2.75, 3.05) is 27.2 Å². The number of hydrogen-bond acceptors (Lipinski definition) is 7. The van der Waals surface area contributed by atoms with E-state index in [1.54, 1.807) is 24.3 Å². The van der Waals surface area contributed by atoms with E-state index in [0.29, 0.717) is 31.4 Å². The van der Waals surface area contributed by atoms with Crippen LogP contribution in [-0.4, -0.2) is 67.6 Å². The number of primary amides is 1. The van der Waals surface area contributed by atoms with Gasteiger partial charge in [-0.1, -0.05) is 52.2 Å². The van der Waals surface area contributed by atoms with E-state index in [1.165, 1.54) is 0 Å². The minimum absolute atomic E-state index is 0.0812. The Bertz CT molecular complexity index is 963. The molecule has 3 unspecified atom stereocenters. The number of carbonyl (C=O) groups excluding carboxylic acids is 5. The van der Waals surface area contributed by atoms with Gasteiger partial charge >= 0.3 is 5.97 Å². The minimum Gasteiger partial charge on any atom is -0.427 e. The smallest absolute Gasteiger partial charge is 0.311 e. The molecule has 0 heterocycles. The van der Waals surface area contributed by atoms with Crippen LogP contribution in [0.4, 0.5) is 0 Å². The average molecular weight is 561 g/mol. The number of rotatable bonds is 20. The second kappa shape index (κ2) is 18.9. The van der Waals surface area contributed by atoms with E-state index in [4.69, 9.17) is 10.5 Å². The lowest BCUT2D eigenvalue weighted by atomic mass is 9.84. The van der Waals surface area contributed by atoms with Crippen LogP contribution in [0.1, 0.15) is 77.7 Å². The Kier molecular flexibility index (Phi) is 16.4. The normalized spacial score (nSPS) is 13.2. The Morgan fingerprint density at radius 1 is 0.975 bits per heavy atom. The molecule has 0 aliphatic rings. The zero-order chi connectivity index (χ0) is 30.1. The summed E-state index contributed by atoms with van der Waals surface area (Å²) in [5.74, 6) is -2.24. The molecule has 1 aromatic carbocycles. The molecule has 10 heteroatoms. The second-order valence-electron chi connectivity index (χ2n) is 10.7. The SMILES string of the molecule is CCCCCC(=O)NC(Cc1ccc(OC(=O)CCCN(C)C)cc1)C(=O)CC(C(=O)NCC(N)=O)C(C)CC. The van der Waals surface area contributed by atoms with Crippen molar-refractivity contribution in [3.05, 3.63) is 29.8 Å². The maximum atomic E-state index is 13.5. The minimum atomic E-state index is -0.830. The molecule has 0 spiro atoms. The quantitative estimate of drug-likeness (QED) is 0.126. The third-order valence-corrected chi connectivity index (χ3v) is 6.84. The number of unbranched alkanes of at least 4 members (excludes halogenated alkanes) is 2. The molecular formula is C30H48N4O6. The molecule has 0 radical (unpaired) electrons. The number of benzene rings is 1. The van der Waals surface area contributed by atoms with Crippen molar-refractivity contribution < 1.29 is 28.7 Å². The van der Waals surface area contributed by atoms with Crippen molar-refractivity contribution in [3.8, 4) is 5.75 Å². The molecule has 0 saturated heterocycles. The Balaban J connectivity index is 2.98. The highest BCUT2D eigenvalue weighted by molar-refractivity contribution is 5.93. The summed E-state index contributed by atoms with van der Waals surface area (Å²) in [5.41, 5.74) is 5.94. The third-order valence-electron chi connectivity index (χ3n) is 6.84. The molecule has 0 aromatic heterocycles. The van der Waals surface area contributed by atoms with Crippen LogP contribution in [0.2, 0.25) is 0 Å². The standard InChI is InChI=1S/C30H48N4O6/c1-6-8-9-11-28(37)33-25(26(35)19-24(21(3)7-2)30(39)32-20-27(31)36)18-22-13-15-23(16-14-22)40-29(38)12-10-17-34(4)5/h13-16,21,24-25H,6-12,17-20H2,1-5H3,(H2,31,36)(H,32,39)(H,33,37). The zero-order valence-corrected chi connectivity index (χ0v) is 24.8. The van der Waals surface area contributed by atoms with Gasteiger partial charge in [0.1, 0.15) is 5.75 Å². The van der Waals surface area contributed by atoms with Crippen LogP contribution in [-0.2, 0) is 30.4 Å². The topological polar surface area (TPSA) is 148 Å². The van der Waals surface area contributed by atoms with E-state index in [0.717, 1.165) is 31.4 Å². The molecule has 0 aliphatic carbocycles. The molecule has 0 fully saturated rings. The Labute approximate surface area is 238 Å². The third kappa shape index (κ3) is 14.2. The molecule has 1 aromatic rings. The van der Waals surface area contributed by atoms with Crippen molar-refractivity contribution in [2.45, 2.75) is 84.6 Å². The van der Waals surface area contributed by atoms with Gasteiger partial charge in [0.15, 0.2) is 5.78 Å². The molecule has 0 bridgehead atoms. The highest BCUT2D eigenvalue weighted by Crippen LogP contribution is 2.22. The molecule has 224 valence electrons. The van der Waals surface area contributed by atoms with Crippen molar-refractivity contribution in [1.29, 1.82) is 0 Å². The van der Waals surface area contributed by atoms with E-state index >= 15 is 0 Å². The molecule has 4 N–H and O–H groups in total. The van der Waals surface area contributed by atoms with Gasteiger partial charge in [-0.3, -0.25) is 24.0 Å². The first-order valence-corrected chi connectivity index (χ1v) is 14.3. The molecule has 3 atom stereocenters. The zero-order valence-electron chi connectivity index (χ0n) is 24.8. The van der Waals surface area contributed by atoms with Crippen molar-refractivity contribution >= 4 is 29.5 Å². The second-order valence-corrected chi connectivity index (χ2v) is 10.7. The summed E-state index contributed by atoms with van der Waals surface area (Å²) in [7, 11) is 3.89. The number of amides is 3. The number of ether oxygens (including phenoxy) is 1. The van der Waals surface area contributed by atoms with Gasteiger partial charge in [-0.15, -0.1) is 0 Å². The summed E-state index contributed by atoms with van der Waals surface area (Å²) in [4.78, 5) is 64.2. The van der Waals surface area contributed by atoms with Crippen LogP contribution in [0.25, 0.3) is 0 Å². The first-order chi connectivity index (χ1) is 19.0. The highest BCUT2D eigenvalue weighted by Gasteiger charge is 2.31. The highest BCUT2D eigenvalue weighted by atomic mass is 16.5. The van der Waals surface area contributed by atoms with Gasteiger partial charge in [-0.05, 0) is 63.5 Å². The number of esters is 1. The monoisotopic (exact) mass is 560 g/mol. The van der Waals surface area contributed by atoms with E-state index in [1.807, 2.05) is 39.8 Å². The van der Waals surface area contributed by atoms with E-state index in [9.17, 15) is 24.0 Å². The number of Topliss-reactive ketones (excluding diaryl/α,β-unsaturated/α-hetero) is 1. The van der Waals surface area contributed by atoms with Gasteiger partial charge in [0.2, 0.25) is 17.7 Å². The fourth-order valence-corrected chi connectivity index (χ4v) is 4.20. The van der Waals surface area contributed by atoms with Crippen LogP contribution >= 0.6 is 0 Å². The Morgan fingerprint density at radius 2 is 1.65 bits per heavy atom. The number of nitrogens with two attached hydrogens (primary N) is 1. The molecular weight excluding hydrogens is 512 g/mol. The van der Waals surface area contributed by atoms with Gasteiger partial charge in [-0.25, -0.2) is 0 Å². The summed E-state index contributed by atoms with van der Waals surface area (Å²) in [6.07, 6.45) is 4.74. The van der Waals surface area contributed by atoms with Gasteiger partial charge in [0.25, 0.3) is 0 Å². The lowest BCUT2D eigenvalue weighted by Crippen LogP contribution is -2.45. The number of nitrogens with one attached hydrogen (secondary N) is 2. The summed E-state index contributed by atoms with van der Waals surface area (Å²) in [6, 6.07) is 6.03. The predicted octanol–water partition coefficient (Wildman–Crippen LogP) is 2.76. The van der Waals surface area contributed by atoms with Gasteiger partial charge in [0.05, 0.1) is 12.6 Å². The maximum absolute atomic E-state index is 13.5. The average Bonchev–Trinajstić information content (AvgIpc) is 2.90. The van der Waals surface area contributed by atoms with Crippen LogP contribution < -0.4 is 21.1 Å². The van der Waals surface area contributed by atoms with Crippen LogP contribution in [0.15, 0.2) is 24.3 Å². The van der Waals surface area contributed by atoms with Gasteiger partial charge in [0, 0.05) is 25.2 Å². The largest absolute Gasteiger partial charge is 0.427 e. The predicted molar refractivity (Wildman–Crippen MR) is 154 cm³/mol. The summed E-state index contributed by atoms with van der Waals surface area (Å²) < 4.78 is 5.41. The van der Waals surface area contributed by atoms with E-state index < -0.39 is 23.8 Å².